The van der Waals surface area contributed by atoms with Crippen molar-refractivity contribution >= 4 is 5.97 Å². The minimum absolute atomic E-state index is 1.15. The van der Waals surface area contributed by atoms with E-state index in [4.69, 9.17) is 16.4 Å². The van der Waals surface area contributed by atoms with Gasteiger partial charge >= 0.3 is 5.97 Å². The van der Waals surface area contributed by atoms with Crippen LogP contribution < -0.4 is 0 Å². The van der Waals surface area contributed by atoms with Gasteiger partial charge in [-0.15, -0.1) is 0 Å². The molecule has 0 saturated heterocycles. The van der Waals surface area contributed by atoms with Crippen molar-refractivity contribution in [2.75, 3.05) is 6.56 Å². The van der Waals surface area contributed by atoms with E-state index in [2.05, 4.69) is 11.3 Å². The molecule has 0 aliphatic heterocycles. The summed E-state index contributed by atoms with van der Waals surface area (Å²) in [6.07, 6.45) is -7.51. The zero-order valence-electron chi connectivity index (χ0n) is 17.0. The molecule has 0 heterocycles. The third kappa shape index (κ3) is 4.13. The monoisotopic (exact) mass is 154 g/mol. The minimum atomic E-state index is -3.80. The summed E-state index contributed by atoms with van der Waals surface area (Å²) in [4.78, 5) is 11.5. The summed E-state index contributed by atoms with van der Waals surface area (Å²) in [5.74, 6) is -1.82. The Morgan fingerprint density at radius 3 is 3.30 bits per heavy atom. The lowest BCUT2D eigenvalue weighted by Crippen LogP contribution is -2.05. The summed E-state index contributed by atoms with van der Waals surface area (Å²) in [6.45, 7) is -7.46. The highest BCUT2D eigenvalue weighted by atomic mass is 16.5. The van der Waals surface area contributed by atoms with Gasteiger partial charge in [0.15, 0.2) is 0 Å². The third-order valence-corrected chi connectivity index (χ3v) is 0.504. The average molecular weight is 154 g/mol. The van der Waals surface area contributed by atoms with Gasteiger partial charge in [0.05, 0.1) is 9.30 Å². The molecule has 0 spiro atoms. The van der Waals surface area contributed by atoms with E-state index in [-0.39, 0.29) is 0 Å². The molecule has 0 aliphatic rings. The molecule has 0 bridgehead atoms. The van der Waals surface area contributed by atoms with Crippen LogP contribution in [0.25, 0.3) is 0 Å². The van der Waals surface area contributed by atoms with Gasteiger partial charge < -0.3 is 4.74 Å². The molecular weight excluding hydrogens is 128 g/mol. The summed E-state index contributed by atoms with van der Waals surface area (Å²) >= 11 is 0. The number of carbonyl (C=O) groups excluding carboxylic acids is 1. The molecule has 0 aromatic rings. The Morgan fingerprint density at radius 2 is 2.70 bits per heavy atom. The highest BCUT2D eigenvalue weighted by molar-refractivity contribution is 5.86. The number of rotatable bonds is 4. The van der Waals surface area contributed by atoms with Gasteiger partial charge in [-0.2, -0.15) is 0 Å². The molecule has 0 amide bonds. The van der Waals surface area contributed by atoms with Gasteiger partial charge in [-0.1, -0.05) is 19.8 Å². The normalized spacial score (nSPS) is 33.6. The fraction of sp³-hybridized carbons (Fsp3) is 0.625. The van der Waals surface area contributed by atoms with E-state index in [0.717, 1.165) is 0 Å². The fourth-order valence-corrected chi connectivity index (χ4v) is 0.159. The lowest BCUT2D eigenvalue weighted by atomic mass is 10.3. The number of hydrogen-bond acceptors (Lipinski definition) is 2. The average Bonchev–Trinajstić information content (AvgIpc) is 2.23. The van der Waals surface area contributed by atoms with Crippen LogP contribution in [0.1, 0.15) is 42.9 Å². The standard InChI is InChI=1S/C8H14O2/c1-4-5-6-10-8(9)7(2)3/h2,4-6H2,1,3H3/i1D3,3D3,4D2,5D2,6D2. The van der Waals surface area contributed by atoms with Crippen LogP contribution in [0, 0.1) is 0 Å². The Morgan fingerprint density at radius 1 is 1.90 bits per heavy atom. The van der Waals surface area contributed by atoms with Crippen molar-refractivity contribution in [3.8, 4) is 0 Å². The van der Waals surface area contributed by atoms with Crippen LogP contribution >= 0.6 is 0 Å². The van der Waals surface area contributed by atoms with Gasteiger partial charge in [-0.05, 0) is 13.2 Å². The maximum absolute atomic E-state index is 11.5. The second-order valence-corrected chi connectivity index (χ2v) is 1.22. The third-order valence-electron chi connectivity index (χ3n) is 0.504. The lowest BCUT2D eigenvalue weighted by Gasteiger charge is -2.01. The van der Waals surface area contributed by atoms with Crippen molar-refractivity contribution in [2.45, 2.75) is 26.4 Å². The Labute approximate surface area is 78.7 Å². The van der Waals surface area contributed by atoms with E-state index >= 15 is 0 Å². The van der Waals surface area contributed by atoms with Gasteiger partial charge in [-0.3, -0.25) is 0 Å². The maximum Gasteiger partial charge on any atom is 0.333 e. The summed E-state index contributed by atoms with van der Waals surface area (Å²) in [7, 11) is 0. The highest BCUT2D eigenvalue weighted by Gasteiger charge is 2.00. The first kappa shape index (κ1) is 1.52. The summed E-state index contributed by atoms with van der Waals surface area (Å²) in [5, 5.41) is 0. The lowest BCUT2D eigenvalue weighted by molar-refractivity contribution is -0.139. The zero-order chi connectivity index (χ0) is 18.4. The Balaban J connectivity index is 5.57. The van der Waals surface area contributed by atoms with E-state index in [1.807, 2.05) is 0 Å². The van der Waals surface area contributed by atoms with E-state index in [9.17, 15) is 4.79 Å². The van der Waals surface area contributed by atoms with Crippen LogP contribution in [0.5, 0.6) is 0 Å². The van der Waals surface area contributed by atoms with Crippen molar-refractivity contribution in [3.05, 3.63) is 12.2 Å². The van der Waals surface area contributed by atoms with Crippen LogP contribution in [0.2, 0.25) is 0 Å². The summed E-state index contributed by atoms with van der Waals surface area (Å²) in [5.41, 5.74) is -1.15. The summed E-state index contributed by atoms with van der Waals surface area (Å²) < 4.78 is 89.6. The molecular formula is C8H14O2. The van der Waals surface area contributed by atoms with Crippen molar-refractivity contribution in [3.63, 3.8) is 0 Å². The number of hydrogen-bond donors (Lipinski definition) is 0. The molecule has 0 aromatic heterocycles. The topological polar surface area (TPSA) is 26.3 Å². The molecule has 0 aromatic carbocycles. The Bertz CT molecular complexity index is 457. The van der Waals surface area contributed by atoms with Crippen LogP contribution in [-0.4, -0.2) is 12.5 Å². The molecule has 0 radical (unpaired) electrons. The first-order valence-corrected chi connectivity index (χ1v) is 2.22. The van der Waals surface area contributed by atoms with E-state index in [1.54, 1.807) is 0 Å². The number of carbonyl (C=O) groups is 1. The Kier molecular flexibility index (Phi) is 0.765. The van der Waals surface area contributed by atoms with Crippen LogP contribution in [0.3, 0.4) is 0 Å². The Hall–Kier alpha value is -0.790. The molecule has 2 heteroatoms. The first-order valence-electron chi connectivity index (χ1n) is 8.22. The second-order valence-electron chi connectivity index (χ2n) is 1.22. The second kappa shape index (κ2) is 5.03. The van der Waals surface area contributed by atoms with Crippen LogP contribution in [-0.2, 0) is 9.53 Å². The predicted octanol–water partition coefficient (Wildman–Crippen LogP) is 1.91. The number of ether oxygens (including phenoxy) is 1. The van der Waals surface area contributed by atoms with E-state index < -0.39 is 44.6 Å². The predicted molar refractivity (Wildman–Crippen MR) is 40.7 cm³/mol. The van der Waals surface area contributed by atoms with Gasteiger partial charge in [0.1, 0.15) is 0 Å². The van der Waals surface area contributed by atoms with Crippen molar-refractivity contribution in [1.29, 1.82) is 0 Å². The van der Waals surface area contributed by atoms with Gasteiger partial charge in [0, 0.05) is 19.3 Å². The molecule has 0 unspecified atom stereocenters. The molecule has 0 saturated carbocycles. The number of esters is 1. The van der Waals surface area contributed by atoms with E-state index in [1.165, 1.54) is 0 Å². The SMILES string of the molecule is [2H]C([2H])([2H])C(=C)C(=O)OC([2H])([2H])C([2H])([2H])C([2H])([2H])C([2H])([2H])[2H]. The summed E-state index contributed by atoms with van der Waals surface area (Å²) in [6, 6.07) is 0. The quantitative estimate of drug-likeness (QED) is 0.456. The maximum atomic E-state index is 11.5. The molecule has 0 N–H and O–H groups in total. The van der Waals surface area contributed by atoms with Crippen LogP contribution in [0.15, 0.2) is 12.2 Å². The van der Waals surface area contributed by atoms with Crippen molar-refractivity contribution in [1.82, 2.24) is 0 Å². The van der Waals surface area contributed by atoms with Gasteiger partial charge in [0.2, 0.25) is 0 Å². The smallest absolute Gasteiger partial charge is 0.333 e. The zero-order valence-corrected chi connectivity index (χ0v) is 5.02. The molecule has 2 nitrogen and oxygen atoms in total. The van der Waals surface area contributed by atoms with E-state index in [0.29, 0.717) is 0 Å². The minimum Gasteiger partial charge on any atom is -0.462 e. The molecule has 0 aliphatic carbocycles. The molecule has 58 valence electrons. The van der Waals surface area contributed by atoms with Gasteiger partial charge in [0.25, 0.3) is 0 Å². The fourth-order valence-electron chi connectivity index (χ4n) is 0.159. The molecule has 0 fully saturated rings. The molecule has 0 rings (SSSR count). The van der Waals surface area contributed by atoms with Gasteiger partial charge in [-0.25, -0.2) is 4.79 Å². The van der Waals surface area contributed by atoms with Crippen molar-refractivity contribution in [2.24, 2.45) is 0 Å². The molecule has 10 heavy (non-hydrogen) atoms. The molecule has 0 atom stereocenters. The van der Waals surface area contributed by atoms with Crippen LogP contribution in [0.4, 0.5) is 0 Å². The van der Waals surface area contributed by atoms with Crippen molar-refractivity contribution < 1.29 is 26.0 Å². The largest absolute Gasteiger partial charge is 0.462 e. The first-order chi connectivity index (χ1) is 9.29. The highest BCUT2D eigenvalue weighted by Crippen LogP contribution is 1.94.